The van der Waals surface area contributed by atoms with Crippen LogP contribution in [0.5, 0.6) is 0 Å². The van der Waals surface area contributed by atoms with E-state index < -0.39 is 21.0 Å². The number of anilines is 1. The minimum absolute atomic E-state index is 0.345. The SMILES string of the molecule is CCCCC(C(=O)NNc1ccccc1)S(C)(=O)=O. The Kier molecular flexibility index (Phi) is 5.82. The molecule has 1 atom stereocenters. The third-order valence-corrected chi connectivity index (χ3v) is 4.22. The van der Waals surface area contributed by atoms with Crippen molar-refractivity contribution in [1.82, 2.24) is 5.43 Å². The number of nitrogens with one attached hydrogen (secondary N) is 2. The molecule has 0 aliphatic heterocycles. The monoisotopic (exact) mass is 284 g/mol. The van der Waals surface area contributed by atoms with E-state index in [-0.39, 0.29) is 0 Å². The summed E-state index contributed by atoms with van der Waals surface area (Å²) in [6.07, 6.45) is 3.00. The molecule has 5 nitrogen and oxygen atoms in total. The van der Waals surface area contributed by atoms with Gasteiger partial charge in [0.15, 0.2) is 9.84 Å². The van der Waals surface area contributed by atoms with Crippen LogP contribution >= 0.6 is 0 Å². The molecule has 0 saturated heterocycles. The molecule has 106 valence electrons. The highest BCUT2D eigenvalue weighted by molar-refractivity contribution is 7.92. The van der Waals surface area contributed by atoms with Gasteiger partial charge in [-0.25, -0.2) is 8.42 Å². The van der Waals surface area contributed by atoms with Gasteiger partial charge in [0.1, 0.15) is 5.25 Å². The lowest BCUT2D eigenvalue weighted by molar-refractivity contribution is -0.120. The lowest BCUT2D eigenvalue weighted by Crippen LogP contribution is -2.42. The number of hydrogen-bond acceptors (Lipinski definition) is 4. The Morgan fingerprint density at radius 2 is 1.89 bits per heavy atom. The number of carbonyl (C=O) groups is 1. The van der Waals surface area contributed by atoms with Gasteiger partial charge in [-0.05, 0) is 18.6 Å². The van der Waals surface area contributed by atoms with Gasteiger partial charge in [-0.1, -0.05) is 38.0 Å². The predicted molar refractivity (Wildman–Crippen MR) is 76.4 cm³/mol. The molecule has 0 fully saturated rings. The Bertz CT molecular complexity index is 500. The summed E-state index contributed by atoms with van der Waals surface area (Å²) >= 11 is 0. The van der Waals surface area contributed by atoms with Gasteiger partial charge in [0.25, 0.3) is 5.91 Å². The maximum absolute atomic E-state index is 11.9. The molecule has 2 N–H and O–H groups in total. The molecule has 0 radical (unpaired) electrons. The molecular formula is C13H20N2O3S. The van der Waals surface area contributed by atoms with E-state index in [4.69, 9.17) is 0 Å². The Labute approximate surface area is 114 Å². The lowest BCUT2D eigenvalue weighted by Gasteiger charge is -2.15. The lowest BCUT2D eigenvalue weighted by atomic mass is 10.2. The molecule has 0 saturated carbocycles. The van der Waals surface area contributed by atoms with Crippen LogP contribution in [-0.2, 0) is 14.6 Å². The summed E-state index contributed by atoms with van der Waals surface area (Å²) in [5, 5.41) is -0.997. The smallest absolute Gasteiger partial charge is 0.256 e. The molecule has 0 heterocycles. The zero-order chi connectivity index (χ0) is 14.3. The van der Waals surface area contributed by atoms with E-state index in [0.29, 0.717) is 18.5 Å². The number of benzene rings is 1. The highest BCUT2D eigenvalue weighted by atomic mass is 32.2. The number of sulfone groups is 1. The first-order valence-corrected chi connectivity index (χ1v) is 8.20. The van der Waals surface area contributed by atoms with Crippen molar-refractivity contribution in [1.29, 1.82) is 0 Å². The minimum Gasteiger partial charge on any atom is -0.299 e. The Hall–Kier alpha value is -1.56. The summed E-state index contributed by atoms with van der Waals surface area (Å²) in [7, 11) is -3.39. The summed E-state index contributed by atoms with van der Waals surface area (Å²) in [6.45, 7) is 1.96. The highest BCUT2D eigenvalue weighted by Crippen LogP contribution is 2.10. The fourth-order valence-electron chi connectivity index (χ4n) is 1.66. The highest BCUT2D eigenvalue weighted by Gasteiger charge is 2.28. The van der Waals surface area contributed by atoms with Crippen molar-refractivity contribution in [2.24, 2.45) is 0 Å². The van der Waals surface area contributed by atoms with E-state index in [0.717, 1.165) is 12.7 Å². The second-order valence-corrected chi connectivity index (χ2v) is 6.67. The molecule has 0 aliphatic carbocycles. The topological polar surface area (TPSA) is 75.3 Å². The zero-order valence-corrected chi connectivity index (χ0v) is 12.0. The van der Waals surface area contributed by atoms with Crippen molar-refractivity contribution in [3.05, 3.63) is 30.3 Å². The van der Waals surface area contributed by atoms with Crippen molar-refractivity contribution < 1.29 is 13.2 Å². The molecule has 1 aromatic rings. The average Bonchev–Trinajstić information content (AvgIpc) is 2.36. The van der Waals surface area contributed by atoms with Gasteiger partial charge in [-0.2, -0.15) is 0 Å². The van der Waals surface area contributed by atoms with Gasteiger partial charge < -0.3 is 0 Å². The van der Waals surface area contributed by atoms with Gasteiger partial charge in [0.05, 0.1) is 5.69 Å². The number of amides is 1. The number of unbranched alkanes of at least 4 members (excludes halogenated alkanes) is 1. The minimum atomic E-state index is -3.39. The first kappa shape index (κ1) is 15.5. The molecule has 19 heavy (non-hydrogen) atoms. The predicted octanol–water partition coefficient (Wildman–Crippen LogP) is 1.73. The number of hydrogen-bond donors (Lipinski definition) is 2. The van der Waals surface area contributed by atoms with Crippen LogP contribution in [0.25, 0.3) is 0 Å². The molecule has 0 aliphatic rings. The molecule has 0 aromatic heterocycles. The molecule has 1 rings (SSSR count). The number of para-hydroxylation sites is 1. The molecule has 1 unspecified atom stereocenters. The summed E-state index contributed by atoms with van der Waals surface area (Å²) in [4.78, 5) is 11.9. The van der Waals surface area contributed by atoms with E-state index in [1.54, 1.807) is 12.1 Å². The van der Waals surface area contributed by atoms with Gasteiger partial charge in [-0.15, -0.1) is 0 Å². The van der Waals surface area contributed by atoms with E-state index in [1.165, 1.54) is 0 Å². The van der Waals surface area contributed by atoms with Crippen LogP contribution in [-0.4, -0.2) is 25.8 Å². The zero-order valence-electron chi connectivity index (χ0n) is 11.2. The standard InChI is InChI=1S/C13H20N2O3S/c1-3-4-10-12(19(2,17)18)13(16)15-14-11-8-6-5-7-9-11/h5-9,12,14H,3-4,10H2,1-2H3,(H,15,16). The van der Waals surface area contributed by atoms with Crippen LogP contribution < -0.4 is 10.9 Å². The van der Waals surface area contributed by atoms with Crippen LogP contribution in [0.2, 0.25) is 0 Å². The first-order chi connectivity index (χ1) is 8.95. The van der Waals surface area contributed by atoms with E-state index in [2.05, 4.69) is 10.9 Å². The van der Waals surface area contributed by atoms with Crippen molar-refractivity contribution in [3.8, 4) is 0 Å². The van der Waals surface area contributed by atoms with Gasteiger partial charge in [0, 0.05) is 6.26 Å². The van der Waals surface area contributed by atoms with Crippen LogP contribution in [0.1, 0.15) is 26.2 Å². The number of rotatable bonds is 7. The molecule has 0 bridgehead atoms. The fourth-order valence-corrected chi connectivity index (χ4v) is 2.71. The average molecular weight is 284 g/mol. The molecule has 1 amide bonds. The normalized spacial score (nSPS) is 12.7. The second-order valence-electron chi connectivity index (χ2n) is 4.44. The third-order valence-electron chi connectivity index (χ3n) is 2.73. The van der Waals surface area contributed by atoms with Gasteiger partial charge in [-0.3, -0.25) is 15.6 Å². The summed E-state index contributed by atoms with van der Waals surface area (Å²) in [5.74, 6) is -0.514. The maximum atomic E-state index is 11.9. The van der Waals surface area contributed by atoms with Crippen molar-refractivity contribution in [2.75, 3.05) is 11.7 Å². The van der Waals surface area contributed by atoms with Crippen LogP contribution in [0, 0.1) is 0 Å². The summed E-state index contributed by atoms with van der Waals surface area (Å²) in [5.41, 5.74) is 5.86. The quantitative estimate of drug-likeness (QED) is 0.748. The summed E-state index contributed by atoms with van der Waals surface area (Å²) in [6, 6.07) is 9.05. The molecular weight excluding hydrogens is 264 g/mol. The van der Waals surface area contributed by atoms with Gasteiger partial charge >= 0.3 is 0 Å². The van der Waals surface area contributed by atoms with Crippen LogP contribution in [0.4, 0.5) is 5.69 Å². The maximum Gasteiger partial charge on any atom is 0.256 e. The van der Waals surface area contributed by atoms with Crippen molar-refractivity contribution in [2.45, 2.75) is 31.4 Å². The number of hydrazine groups is 1. The third kappa shape index (κ3) is 5.30. The summed E-state index contributed by atoms with van der Waals surface area (Å²) < 4.78 is 23.2. The van der Waals surface area contributed by atoms with E-state index in [9.17, 15) is 13.2 Å². The van der Waals surface area contributed by atoms with E-state index >= 15 is 0 Å². The Balaban J connectivity index is 2.62. The van der Waals surface area contributed by atoms with Crippen LogP contribution in [0.3, 0.4) is 0 Å². The van der Waals surface area contributed by atoms with Gasteiger partial charge in [0.2, 0.25) is 0 Å². The largest absolute Gasteiger partial charge is 0.299 e. The molecule has 6 heteroatoms. The van der Waals surface area contributed by atoms with Crippen molar-refractivity contribution in [3.63, 3.8) is 0 Å². The Morgan fingerprint density at radius 1 is 1.26 bits per heavy atom. The molecule has 0 spiro atoms. The number of carbonyl (C=O) groups excluding carboxylic acids is 1. The first-order valence-electron chi connectivity index (χ1n) is 6.25. The Morgan fingerprint density at radius 3 is 2.42 bits per heavy atom. The van der Waals surface area contributed by atoms with Crippen LogP contribution in [0.15, 0.2) is 30.3 Å². The van der Waals surface area contributed by atoms with E-state index in [1.807, 2.05) is 25.1 Å². The van der Waals surface area contributed by atoms with Crippen molar-refractivity contribution >= 4 is 21.4 Å². The second kappa shape index (κ2) is 7.13. The molecule has 1 aromatic carbocycles. The fraction of sp³-hybridized carbons (Fsp3) is 0.462.